The van der Waals surface area contributed by atoms with Crippen molar-refractivity contribution in [3.8, 4) is 11.5 Å². The van der Waals surface area contributed by atoms with Crippen molar-refractivity contribution < 1.29 is 9.13 Å². The Morgan fingerprint density at radius 1 is 1.28 bits per heavy atom. The molecule has 0 aliphatic rings. The summed E-state index contributed by atoms with van der Waals surface area (Å²) in [6, 6.07) is 8.32. The lowest BCUT2D eigenvalue weighted by molar-refractivity contribution is 0.440. The molecule has 6 heteroatoms. The molecule has 2 aromatic rings. The standard InChI is InChI=1S/C19H25FN4O/c1-5-22-18(24-19(2,3)4)23-12-14-8-9-17(16(20)11-14)25-15-7-6-10-21-13-15/h6-11,13H,5,12H2,1-4H3,(H2,22,23,24). The molecule has 1 aromatic heterocycles. The smallest absolute Gasteiger partial charge is 0.191 e. The number of rotatable bonds is 5. The van der Waals surface area contributed by atoms with Crippen LogP contribution in [0.2, 0.25) is 0 Å². The van der Waals surface area contributed by atoms with Gasteiger partial charge in [0, 0.05) is 18.3 Å². The highest BCUT2D eigenvalue weighted by Gasteiger charge is 2.12. The van der Waals surface area contributed by atoms with E-state index >= 15 is 0 Å². The van der Waals surface area contributed by atoms with E-state index in [2.05, 4.69) is 41.4 Å². The lowest BCUT2D eigenvalue weighted by atomic mass is 10.1. The number of hydrogen-bond donors (Lipinski definition) is 2. The molecule has 2 rings (SSSR count). The maximum absolute atomic E-state index is 14.3. The van der Waals surface area contributed by atoms with Crippen LogP contribution in [0.4, 0.5) is 4.39 Å². The molecule has 0 fully saturated rings. The Labute approximate surface area is 148 Å². The number of nitrogens with zero attached hydrogens (tertiary/aromatic N) is 2. The summed E-state index contributed by atoms with van der Waals surface area (Å²) < 4.78 is 19.8. The van der Waals surface area contributed by atoms with Gasteiger partial charge in [0.05, 0.1) is 12.7 Å². The summed E-state index contributed by atoms with van der Waals surface area (Å²) in [4.78, 5) is 8.45. The number of hydrogen-bond acceptors (Lipinski definition) is 3. The van der Waals surface area contributed by atoms with Gasteiger partial charge in [-0.2, -0.15) is 0 Å². The summed E-state index contributed by atoms with van der Waals surface area (Å²) in [6.45, 7) is 9.31. The summed E-state index contributed by atoms with van der Waals surface area (Å²) in [7, 11) is 0. The molecule has 0 aliphatic heterocycles. The largest absolute Gasteiger partial charge is 0.453 e. The predicted octanol–water partition coefficient (Wildman–Crippen LogP) is 3.87. The molecule has 25 heavy (non-hydrogen) atoms. The number of nitrogens with one attached hydrogen (secondary N) is 2. The minimum atomic E-state index is -0.426. The molecule has 0 aliphatic carbocycles. The molecular weight excluding hydrogens is 319 g/mol. The summed E-state index contributed by atoms with van der Waals surface area (Å²) in [5, 5.41) is 6.48. The number of benzene rings is 1. The van der Waals surface area contributed by atoms with Gasteiger partial charge in [0.2, 0.25) is 0 Å². The molecule has 0 bridgehead atoms. The van der Waals surface area contributed by atoms with Gasteiger partial charge in [-0.1, -0.05) is 6.07 Å². The minimum absolute atomic E-state index is 0.104. The Morgan fingerprint density at radius 3 is 2.68 bits per heavy atom. The highest BCUT2D eigenvalue weighted by Crippen LogP contribution is 2.24. The van der Waals surface area contributed by atoms with E-state index in [-0.39, 0.29) is 11.3 Å². The first kappa shape index (κ1) is 18.7. The van der Waals surface area contributed by atoms with Gasteiger partial charge >= 0.3 is 0 Å². The van der Waals surface area contributed by atoms with E-state index in [0.29, 0.717) is 18.3 Å². The SMILES string of the molecule is CCNC(=NCc1ccc(Oc2cccnc2)c(F)c1)NC(C)(C)C. The third-order valence-corrected chi connectivity index (χ3v) is 3.12. The topological polar surface area (TPSA) is 58.5 Å². The van der Waals surface area contributed by atoms with Gasteiger partial charge in [0.1, 0.15) is 5.75 Å². The minimum Gasteiger partial charge on any atom is -0.453 e. The van der Waals surface area contributed by atoms with Crippen molar-refractivity contribution in [2.45, 2.75) is 39.8 Å². The molecule has 0 amide bonds. The average Bonchev–Trinajstić information content (AvgIpc) is 2.55. The molecule has 0 radical (unpaired) electrons. The molecule has 0 saturated carbocycles. The average molecular weight is 344 g/mol. The van der Waals surface area contributed by atoms with E-state index in [1.165, 1.54) is 6.07 Å². The fourth-order valence-electron chi connectivity index (χ4n) is 2.09. The van der Waals surface area contributed by atoms with Gasteiger partial charge in [-0.05, 0) is 57.5 Å². The predicted molar refractivity (Wildman–Crippen MR) is 98.4 cm³/mol. The van der Waals surface area contributed by atoms with Crippen LogP contribution in [0.5, 0.6) is 11.5 Å². The Morgan fingerprint density at radius 2 is 2.08 bits per heavy atom. The lowest BCUT2D eigenvalue weighted by Crippen LogP contribution is -2.47. The Hall–Kier alpha value is -2.63. The van der Waals surface area contributed by atoms with Gasteiger partial charge in [-0.3, -0.25) is 4.98 Å². The van der Waals surface area contributed by atoms with Crippen molar-refractivity contribution in [2.24, 2.45) is 4.99 Å². The van der Waals surface area contributed by atoms with E-state index in [1.807, 2.05) is 6.92 Å². The first-order valence-corrected chi connectivity index (χ1v) is 8.30. The van der Waals surface area contributed by atoms with E-state index in [1.54, 1.807) is 36.7 Å². The molecule has 2 N–H and O–H groups in total. The molecule has 0 atom stereocenters. The number of ether oxygens (including phenoxy) is 1. The van der Waals surface area contributed by atoms with E-state index < -0.39 is 5.82 Å². The van der Waals surface area contributed by atoms with Crippen LogP contribution in [-0.2, 0) is 6.54 Å². The number of aliphatic imine (C=N–C) groups is 1. The second kappa shape index (κ2) is 8.46. The Bertz CT molecular complexity index is 711. The number of pyridine rings is 1. The number of halogens is 1. The number of aromatic nitrogens is 1. The summed E-state index contributed by atoms with van der Waals surface area (Å²) in [5.74, 6) is 0.938. The third-order valence-electron chi connectivity index (χ3n) is 3.12. The highest BCUT2D eigenvalue weighted by molar-refractivity contribution is 5.80. The molecule has 0 spiro atoms. The fraction of sp³-hybridized carbons (Fsp3) is 0.368. The maximum Gasteiger partial charge on any atom is 0.191 e. The molecule has 5 nitrogen and oxygen atoms in total. The third kappa shape index (κ3) is 6.41. The van der Waals surface area contributed by atoms with Crippen LogP contribution in [0.25, 0.3) is 0 Å². The summed E-state index contributed by atoms with van der Waals surface area (Å²) in [5.41, 5.74) is 0.662. The van der Waals surface area contributed by atoms with E-state index in [9.17, 15) is 4.39 Å². The zero-order chi connectivity index (χ0) is 18.3. The zero-order valence-corrected chi connectivity index (χ0v) is 15.1. The number of guanidine groups is 1. The zero-order valence-electron chi connectivity index (χ0n) is 15.1. The van der Waals surface area contributed by atoms with Crippen molar-refractivity contribution in [1.82, 2.24) is 15.6 Å². The molecule has 1 aromatic carbocycles. The van der Waals surface area contributed by atoms with Gasteiger partial charge in [0.25, 0.3) is 0 Å². The van der Waals surface area contributed by atoms with E-state index in [0.717, 1.165) is 12.1 Å². The Balaban J connectivity index is 2.07. The van der Waals surface area contributed by atoms with Crippen LogP contribution >= 0.6 is 0 Å². The van der Waals surface area contributed by atoms with Crippen LogP contribution in [-0.4, -0.2) is 23.0 Å². The second-order valence-electron chi connectivity index (χ2n) is 6.63. The van der Waals surface area contributed by atoms with Crippen LogP contribution in [0.1, 0.15) is 33.3 Å². The molecular formula is C19H25FN4O. The van der Waals surface area contributed by atoms with Crippen molar-refractivity contribution in [2.75, 3.05) is 6.54 Å². The second-order valence-corrected chi connectivity index (χ2v) is 6.63. The normalized spacial score (nSPS) is 12.0. The van der Waals surface area contributed by atoms with Gasteiger partial charge in [0.15, 0.2) is 17.5 Å². The van der Waals surface area contributed by atoms with Crippen LogP contribution in [0.3, 0.4) is 0 Å². The van der Waals surface area contributed by atoms with Crippen molar-refractivity contribution >= 4 is 5.96 Å². The van der Waals surface area contributed by atoms with Crippen LogP contribution in [0, 0.1) is 5.82 Å². The maximum atomic E-state index is 14.3. The molecule has 134 valence electrons. The van der Waals surface area contributed by atoms with Crippen molar-refractivity contribution in [1.29, 1.82) is 0 Å². The first-order valence-electron chi connectivity index (χ1n) is 8.30. The quantitative estimate of drug-likeness (QED) is 0.639. The Kier molecular flexibility index (Phi) is 6.33. The highest BCUT2D eigenvalue weighted by atomic mass is 19.1. The van der Waals surface area contributed by atoms with Crippen molar-refractivity contribution in [3.63, 3.8) is 0 Å². The summed E-state index contributed by atoms with van der Waals surface area (Å²) >= 11 is 0. The lowest BCUT2D eigenvalue weighted by Gasteiger charge is -2.23. The monoisotopic (exact) mass is 344 g/mol. The molecule has 1 heterocycles. The van der Waals surface area contributed by atoms with Gasteiger partial charge < -0.3 is 15.4 Å². The van der Waals surface area contributed by atoms with Crippen molar-refractivity contribution in [3.05, 3.63) is 54.1 Å². The van der Waals surface area contributed by atoms with Crippen LogP contribution < -0.4 is 15.4 Å². The molecule has 0 unspecified atom stereocenters. The first-order chi connectivity index (χ1) is 11.9. The molecule has 0 saturated heterocycles. The van der Waals surface area contributed by atoms with E-state index in [4.69, 9.17) is 4.74 Å². The fourth-order valence-corrected chi connectivity index (χ4v) is 2.09. The van der Waals surface area contributed by atoms with Gasteiger partial charge in [-0.25, -0.2) is 9.38 Å². The van der Waals surface area contributed by atoms with Crippen LogP contribution in [0.15, 0.2) is 47.7 Å². The summed E-state index contributed by atoms with van der Waals surface area (Å²) in [6.07, 6.45) is 3.18. The van der Waals surface area contributed by atoms with Gasteiger partial charge in [-0.15, -0.1) is 0 Å².